The highest BCUT2D eigenvalue weighted by Crippen LogP contribution is 2.33. The van der Waals surface area contributed by atoms with Crippen molar-refractivity contribution in [3.63, 3.8) is 0 Å². The van der Waals surface area contributed by atoms with Gasteiger partial charge in [0.15, 0.2) is 0 Å². The van der Waals surface area contributed by atoms with E-state index in [9.17, 15) is 9.18 Å². The number of benzene rings is 2. The first-order chi connectivity index (χ1) is 11.8. The number of carbonyl (C=O) groups is 1. The van der Waals surface area contributed by atoms with Gasteiger partial charge in [0.2, 0.25) is 0 Å². The fraction of sp³-hybridized carbons (Fsp3) is 0.200. The van der Waals surface area contributed by atoms with Gasteiger partial charge in [-0.05, 0) is 30.5 Å². The molecular weight excluding hydrogens is 339 g/mol. The van der Waals surface area contributed by atoms with E-state index in [2.05, 4.69) is 18.3 Å². The molecule has 0 aliphatic carbocycles. The van der Waals surface area contributed by atoms with E-state index in [1.54, 1.807) is 44.4 Å². The fourth-order valence-electron chi connectivity index (χ4n) is 2.20. The van der Waals surface area contributed by atoms with E-state index in [0.717, 1.165) is 0 Å². The van der Waals surface area contributed by atoms with Gasteiger partial charge in [0.05, 0.1) is 5.69 Å². The Morgan fingerprint density at radius 1 is 1.16 bits per heavy atom. The number of carbonyl (C=O) groups excluding carboxylic acids is 1. The zero-order valence-corrected chi connectivity index (χ0v) is 15.7. The number of hydrogen-bond acceptors (Lipinski definition) is 2. The van der Waals surface area contributed by atoms with Crippen molar-refractivity contribution in [3.8, 4) is 11.1 Å². The van der Waals surface area contributed by atoms with E-state index in [0.29, 0.717) is 33.0 Å². The minimum Gasteiger partial charge on any atom is -0.345 e. The summed E-state index contributed by atoms with van der Waals surface area (Å²) in [7, 11) is 3.24. The largest absolute Gasteiger partial charge is 0.345 e. The van der Waals surface area contributed by atoms with Crippen LogP contribution in [0.2, 0.25) is 0 Å². The van der Waals surface area contributed by atoms with Gasteiger partial charge < -0.3 is 4.90 Å². The predicted molar refractivity (Wildman–Crippen MR) is 105 cm³/mol. The molecule has 5 heteroatoms. The normalized spacial score (nSPS) is 9.68. The molecule has 0 saturated heterocycles. The van der Waals surface area contributed by atoms with Gasteiger partial charge in [0, 0.05) is 35.8 Å². The van der Waals surface area contributed by atoms with Crippen LogP contribution in [0.4, 0.5) is 10.1 Å². The molecule has 0 heterocycles. The van der Waals surface area contributed by atoms with Crippen LogP contribution in [0.3, 0.4) is 0 Å². The van der Waals surface area contributed by atoms with Gasteiger partial charge in [-0.25, -0.2) is 4.39 Å². The maximum Gasteiger partial charge on any atom is 0.253 e. The first-order valence-corrected chi connectivity index (χ1v) is 8.20. The number of aliphatic imine (C=N–C) groups is 1. The average molecular weight is 361 g/mol. The van der Waals surface area contributed by atoms with Crippen molar-refractivity contribution in [1.29, 1.82) is 0 Å². The lowest BCUT2D eigenvalue weighted by atomic mass is 10.00. The van der Waals surface area contributed by atoms with Crippen LogP contribution in [0, 0.1) is 5.82 Å². The Labute approximate surface area is 153 Å². The minimum atomic E-state index is -0.481. The van der Waals surface area contributed by atoms with E-state index in [-0.39, 0.29) is 5.91 Å². The van der Waals surface area contributed by atoms with Gasteiger partial charge in [-0.3, -0.25) is 9.79 Å². The first-order valence-electron chi connectivity index (χ1n) is 7.82. The van der Waals surface area contributed by atoms with Crippen LogP contribution >= 0.6 is 11.6 Å². The molecule has 0 aliphatic rings. The number of hydrogen-bond donors (Lipinski definition) is 0. The van der Waals surface area contributed by atoms with Crippen LogP contribution in [0.15, 0.2) is 48.0 Å². The molecule has 0 radical (unpaired) electrons. The molecule has 3 nitrogen and oxygen atoms in total. The standard InChI is InChI=1S/C18H16ClFN2O.C2H6/c1-11(19)14-7-5-12(10-17(14)21-2)15-8-6-13(9-16(15)20)18(23)22(3)4;1-2/h5-10H,1-2H2,3-4H3;1-2H3. The van der Waals surface area contributed by atoms with E-state index in [1.807, 2.05) is 13.8 Å². The molecule has 0 N–H and O–H groups in total. The second-order valence-electron chi connectivity index (χ2n) is 5.19. The smallest absolute Gasteiger partial charge is 0.253 e. The van der Waals surface area contributed by atoms with Crippen molar-refractivity contribution in [2.45, 2.75) is 13.8 Å². The zero-order chi connectivity index (χ0) is 19.1. The molecule has 2 aromatic carbocycles. The average Bonchev–Trinajstić information content (AvgIpc) is 2.61. The Morgan fingerprint density at radius 3 is 2.28 bits per heavy atom. The zero-order valence-electron chi connectivity index (χ0n) is 14.9. The Kier molecular flexibility index (Phi) is 7.52. The summed E-state index contributed by atoms with van der Waals surface area (Å²) in [4.78, 5) is 17.2. The quantitative estimate of drug-likeness (QED) is 0.638. The Morgan fingerprint density at radius 2 is 1.80 bits per heavy atom. The second kappa shape index (κ2) is 9.14. The summed E-state index contributed by atoms with van der Waals surface area (Å²) in [6.07, 6.45) is 0. The van der Waals surface area contributed by atoms with Gasteiger partial charge in [-0.2, -0.15) is 0 Å². The monoisotopic (exact) mass is 360 g/mol. The van der Waals surface area contributed by atoms with Crippen LogP contribution in [0.1, 0.15) is 29.8 Å². The lowest BCUT2D eigenvalue weighted by Crippen LogP contribution is -2.21. The van der Waals surface area contributed by atoms with Crippen molar-refractivity contribution < 1.29 is 9.18 Å². The van der Waals surface area contributed by atoms with Gasteiger partial charge >= 0.3 is 0 Å². The summed E-state index contributed by atoms with van der Waals surface area (Å²) >= 11 is 5.90. The van der Waals surface area contributed by atoms with E-state index in [4.69, 9.17) is 11.6 Å². The number of halogens is 2. The molecule has 0 unspecified atom stereocenters. The molecule has 2 aromatic rings. The third-order valence-corrected chi connectivity index (χ3v) is 3.60. The third kappa shape index (κ3) is 4.77. The van der Waals surface area contributed by atoms with Crippen molar-refractivity contribution in [3.05, 3.63) is 59.9 Å². The predicted octanol–water partition coefficient (Wildman–Crippen LogP) is 5.76. The maximum absolute atomic E-state index is 14.4. The molecule has 0 saturated carbocycles. The van der Waals surface area contributed by atoms with E-state index >= 15 is 0 Å². The van der Waals surface area contributed by atoms with Crippen molar-refractivity contribution in [2.24, 2.45) is 4.99 Å². The highest BCUT2D eigenvalue weighted by Gasteiger charge is 2.13. The molecule has 0 atom stereocenters. The van der Waals surface area contributed by atoms with Crippen LogP contribution in [0.5, 0.6) is 0 Å². The SMILES string of the molecule is C=Nc1cc(-c2ccc(C(=O)N(C)C)cc2F)ccc1C(=C)Cl.CC. The Balaban J connectivity index is 0.00000151. The number of nitrogens with zero attached hydrogens (tertiary/aromatic N) is 2. The molecule has 0 fully saturated rings. The van der Waals surface area contributed by atoms with Crippen LogP contribution in [0.25, 0.3) is 16.2 Å². The van der Waals surface area contributed by atoms with Crippen molar-refractivity contribution >= 4 is 34.9 Å². The van der Waals surface area contributed by atoms with Crippen LogP contribution in [-0.2, 0) is 0 Å². The van der Waals surface area contributed by atoms with Crippen LogP contribution < -0.4 is 0 Å². The lowest BCUT2D eigenvalue weighted by molar-refractivity contribution is 0.0827. The third-order valence-electron chi connectivity index (χ3n) is 3.39. The fourth-order valence-corrected chi connectivity index (χ4v) is 2.36. The molecule has 1 amide bonds. The second-order valence-corrected chi connectivity index (χ2v) is 5.65. The summed E-state index contributed by atoms with van der Waals surface area (Å²) in [6.45, 7) is 11.2. The van der Waals surface area contributed by atoms with Crippen molar-refractivity contribution in [1.82, 2.24) is 4.90 Å². The number of amides is 1. The summed E-state index contributed by atoms with van der Waals surface area (Å²) in [6, 6.07) is 9.52. The maximum atomic E-state index is 14.4. The van der Waals surface area contributed by atoms with Crippen molar-refractivity contribution in [2.75, 3.05) is 14.1 Å². The Hall–Kier alpha value is -2.46. The Bertz CT molecular complexity index is 800. The minimum absolute atomic E-state index is 0.252. The molecule has 2 rings (SSSR count). The molecule has 0 aliphatic heterocycles. The summed E-state index contributed by atoms with van der Waals surface area (Å²) in [5.41, 5.74) is 2.46. The van der Waals surface area contributed by atoms with Gasteiger partial charge in [-0.15, -0.1) is 0 Å². The molecule has 0 aromatic heterocycles. The summed E-state index contributed by atoms with van der Waals surface area (Å²) in [5, 5.41) is 0.339. The number of rotatable bonds is 4. The van der Waals surface area contributed by atoms with Gasteiger partial charge in [0.1, 0.15) is 5.82 Å². The summed E-state index contributed by atoms with van der Waals surface area (Å²) in [5.74, 6) is -0.733. The highest BCUT2D eigenvalue weighted by atomic mass is 35.5. The highest BCUT2D eigenvalue weighted by molar-refractivity contribution is 6.48. The van der Waals surface area contributed by atoms with E-state index in [1.165, 1.54) is 11.0 Å². The first kappa shape index (κ1) is 20.6. The van der Waals surface area contributed by atoms with Gasteiger partial charge in [0.25, 0.3) is 5.91 Å². The molecule has 25 heavy (non-hydrogen) atoms. The molecule has 0 bridgehead atoms. The molecular formula is C20H22ClFN2O. The van der Waals surface area contributed by atoms with E-state index < -0.39 is 5.82 Å². The van der Waals surface area contributed by atoms with Gasteiger partial charge in [-0.1, -0.05) is 50.2 Å². The molecule has 132 valence electrons. The lowest BCUT2D eigenvalue weighted by Gasteiger charge is -2.12. The topological polar surface area (TPSA) is 32.7 Å². The molecule has 0 spiro atoms. The summed E-state index contributed by atoms with van der Waals surface area (Å²) < 4.78 is 14.4. The van der Waals surface area contributed by atoms with Crippen LogP contribution in [-0.4, -0.2) is 31.6 Å².